The average molecular weight is 339 g/mol. The van der Waals surface area contributed by atoms with Crippen molar-refractivity contribution in [1.82, 2.24) is 4.90 Å². The van der Waals surface area contributed by atoms with Crippen molar-refractivity contribution in [3.05, 3.63) is 16.0 Å². The monoisotopic (exact) mass is 339 g/mol. The summed E-state index contributed by atoms with van der Waals surface area (Å²) in [6.45, 7) is 6.67. The molecule has 1 amide bonds. The lowest BCUT2D eigenvalue weighted by Crippen LogP contribution is -2.41. The van der Waals surface area contributed by atoms with Gasteiger partial charge in [0.15, 0.2) is 5.78 Å². The third-order valence-corrected chi connectivity index (χ3v) is 6.57. The lowest BCUT2D eigenvalue weighted by Gasteiger charge is -2.31. The van der Waals surface area contributed by atoms with Gasteiger partial charge in [0, 0.05) is 25.1 Å². The third-order valence-electron chi connectivity index (χ3n) is 4.23. The predicted octanol–water partition coefficient (Wildman–Crippen LogP) is 3.10. The highest BCUT2D eigenvalue weighted by molar-refractivity contribution is 8.00. The highest BCUT2D eigenvalue weighted by atomic mass is 32.2. The van der Waals surface area contributed by atoms with Gasteiger partial charge in [0.1, 0.15) is 0 Å². The second kappa shape index (κ2) is 5.98. The molecular formula is C16H21NO3S2. The van der Waals surface area contributed by atoms with E-state index in [1.165, 1.54) is 11.3 Å². The van der Waals surface area contributed by atoms with Gasteiger partial charge in [-0.1, -0.05) is 13.8 Å². The number of rotatable bonds is 2. The topological polar surface area (TPSA) is 46.6 Å². The van der Waals surface area contributed by atoms with Gasteiger partial charge >= 0.3 is 0 Å². The van der Waals surface area contributed by atoms with Gasteiger partial charge in [-0.05, 0) is 23.7 Å². The maximum absolute atomic E-state index is 12.9. The number of ether oxygens (including phenoxy) is 1. The Bertz CT molecular complexity index is 615. The molecule has 0 saturated carbocycles. The molecule has 1 aromatic rings. The predicted molar refractivity (Wildman–Crippen MR) is 89.3 cm³/mol. The summed E-state index contributed by atoms with van der Waals surface area (Å²) >= 11 is 3.07. The molecule has 2 heterocycles. The van der Waals surface area contributed by atoms with Crippen LogP contribution in [0.25, 0.3) is 0 Å². The normalized spacial score (nSPS) is 20.9. The van der Waals surface area contributed by atoms with Gasteiger partial charge < -0.3 is 9.64 Å². The Balaban J connectivity index is 2.02. The standard InChI is InChI=1S/C16H21NO3S2/c1-16(2)8-10-12(11(18)9-16)15(21-3)22-13(10)14(19)17-4-6-20-7-5-17/h4-9H2,1-3H3. The van der Waals surface area contributed by atoms with Crippen LogP contribution in [0, 0.1) is 5.41 Å². The molecule has 1 aliphatic heterocycles. The molecule has 1 aliphatic carbocycles. The lowest BCUT2D eigenvalue weighted by molar-refractivity contribution is 0.0305. The van der Waals surface area contributed by atoms with Crippen molar-refractivity contribution in [3.8, 4) is 0 Å². The van der Waals surface area contributed by atoms with Crippen molar-refractivity contribution in [2.24, 2.45) is 5.41 Å². The largest absolute Gasteiger partial charge is 0.378 e. The SMILES string of the molecule is CSc1sc(C(=O)N2CCOCC2)c2c1C(=O)CC(C)(C)C2. The number of nitrogens with zero attached hydrogens (tertiary/aromatic N) is 1. The number of fused-ring (bicyclic) bond motifs is 1. The summed E-state index contributed by atoms with van der Waals surface area (Å²) in [6, 6.07) is 0. The van der Waals surface area contributed by atoms with E-state index in [0.717, 1.165) is 26.6 Å². The van der Waals surface area contributed by atoms with Crippen LogP contribution in [-0.4, -0.2) is 49.1 Å². The Kier molecular flexibility index (Phi) is 4.36. The van der Waals surface area contributed by atoms with E-state index in [-0.39, 0.29) is 17.1 Å². The lowest BCUT2D eigenvalue weighted by atomic mass is 9.74. The van der Waals surface area contributed by atoms with Crippen LogP contribution >= 0.6 is 23.1 Å². The van der Waals surface area contributed by atoms with Gasteiger partial charge in [0.05, 0.1) is 22.3 Å². The fourth-order valence-corrected chi connectivity index (χ4v) is 5.25. The molecule has 1 saturated heterocycles. The van der Waals surface area contributed by atoms with Crippen LogP contribution in [-0.2, 0) is 11.2 Å². The summed E-state index contributed by atoms with van der Waals surface area (Å²) < 4.78 is 6.32. The minimum absolute atomic E-state index is 0.0651. The van der Waals surface area contributed by atoms with E-state index < -0.39 is 0 Å². The molecule has 3 rings (SSSR count). The van der Waals surface area contributed by atoms with E-state index >= 15 is 0 Å². The molecule has 0 N–H and O–H groups in total. The van der Waals surface area contributed by atoms with Crippen LogP contribution < -0.4 is 0 Å². The molecule has 0 atom stereocenters. The van der Waals surface area contributed by atoms with E-state index in [4.69, 9.17) is 4.74 Å². The molecule has 1 aromatic heterocycles. The number of carbonyl (C=O) groups is 2. The van der Waals surface area contributed by atoms with E-state index in [1.807, 2.05) is 11.2 Å². The quantitative estimate of drug-likeness (QED) is 0.777. The number of carbonyl (C=O) groups excluding carboxylic acids is 2. The van der Waals surface area contributed by atoms with Gasteiger partial charge in [-0.3, -0.25) is 9.59 Å². The van der Waals surface area contributed by atoms with Crippen LogP contribution in [0.4, 0.5) is 0 Å². The number of thiophene rings is 1. The van der Waals surface area contributed by atoms with Crippen molar-refractivity contribution >= 4 is 34.8 Å². The zero-order valence-corrected chi connectivity index (χ0v) is 14.9. The molecule has 0 bridgehead atoms. The summed E-state index contributed by atoms with van der Waals surface area (Å²) in [4.78, 5) is 28.0. The summed E-state index contributed by atoms with van der Waals surface area (Å²) in [5, 5.41) is 0. The van der Waals surface area contributed by atoms with Crippen LogP contribution in [0.1, 0.15) is 45.9 Å². The highest BCUT2D eigenvalue weighted by Gasteiger charge is 2.38. The van der Waals surface area contributed by atoms with Gasteiger partial charge in [0.2, 0.25) is 0 Å². The van der Waals surface area contributed by atoms with Gasteiger partial charge in [0.25, 0.3) is 5.91 Å². The highest BCUT2D eigenvalue weighted by Crippen LogP contribution is 2.44. The maximum Gasteiger partial charge on any atom is 0.264 e. The molecular weight excluding hydrogens is 318 g/mol. The Labute approximate surface area is 139 Å². The third kappa shape index (κ3) is 2.84. The zero-order chi connectivity index (χ0) is 15.9. The fraction of sp³-hybridized carbons (Fsp3) is 0.625. The maximum atomic E-state index is 12.9. The molecule has 0 unspecified atom stereocenters. The minimum Gasteiger partial charge on any atom is -0.378 e. The van der Waals surface area contributed by atoms with Crippen molar-refractivity contribution in [1.29, 1.82) is 0 Å². The van der Waals surface area contributed by atoms with Gasteiger partial charge in [-0.2, -0.15) is 0 Å². The fourth-order valence-electron chi connectivity index (χ4n) is 3.18. The molecule has 0 aromatic carbocycles. The number of Topliss-reactive ketones (excluding diaryl/α,β-unsaturated/α-hetero) is 1. The average Bonchev–Trinajstić information content (AvgIpc) is 2.84. The number of amides is 1. The summed E-state index contributed by atoms with van der Waals surface area (Å²) in [7, 11) is 0. The summed E-state index contributed by atoms with van der Waals surface area (Å²) in [6.07, 6.45) is 3.34. The molecule has 0 radical (unpaired) electrons. The molecule has 4 nitrogen and oxygen atoms in total. The van der Waals surface area contributed by atoms with Crippen molar-refractivity contribution in [2.45, 2.75) is 30.9 Å². The smallest absolute Gasteiger partial charge is 0.264 e. The number of thioether (sulfide) groups is 1. The first kappa shape index (κ1) is 16.0. The van der Waals surface area contributed by atoms with E-state index in [2.05, 4.69) is 13.8 Å². The Hall–Kier alpha value is -0.850. The van der Waals surface area contributed by atoms with Crippen molar-refractivity contribution in [2.75, 3.05) is 32.6 Å². The van der Waals surface area contributed by atoms with Gasteiger partial charge in [-0.15, -0.1) is 23.1 Å². The van der Waals surface area contributed by atoms with Crippen molar-refractivity contribution in [3.63, 3.8) is 0 Å². The van der Waals surface area contributed by atoms with Crippen LogP contribution in [0.5, 0.6) is 0 Å². The Morgan fingerprint density at radius 3 is 2.59 bits per heavy atom. The van der Waals surface area contributed by atoms with Crippen LogP contribution in [0.3, 0.4) is 0 Å². The molecule has 2 aliphatic rings. The molecule has 0 spiro atoms. The number of morpholine rings is 1. The summed E-state index contributed by atoms with van der Waals surface area (Å²) in [5.41, 5.74) is 1.72. The number of hydrogen-bond donors (Lipinski definition) is 0. The molecule has 6 heteroatoms. The Morgan fingerprint density at radius 2 is 1.95 bits per heavy atom. The van der Waals surface area contributed by atoms with E-state index in [9.17, 15) is 9.59 Å². The van der Waals surface area contributed by atoms with Crippen LogP contribution in [0.2, 0.25) is 0 Å². The minimum atomic E-state index is -0.0686. The molecule has 120 valence electrons. The van der Waals surface area contributed by atoms with Crippen LogP contribution in [0.15, 0.2) is 4.21 Å². The first-order chi connectivity index (χ1) is 10.4. The first-order valence-corrected chi connectivity index (χ1v) is 9.57. The van der Waals surface area contributed by atoms with Gasteiger partial charge in [-0.25, -0.2) is 0 Å². The van der Waals surface area contributed by atoms with Crippen molar-refractivity contribution < 1.29 is 14.3 Å². The number of hydrogen-bond acceptors (Lipinski definition) is 5. The second-order valence-corrected chi connectivity index (χ2v) is 8.72. The molecule has 22 heavy (non-hydrogen) atoms. The molecule has 1 fully saturated rings. The zero-order valence-electron chi connectivity index (χ0n) is 13.2. The summed E-state index contributed by atoms with van der Waals surface area (Å²) in [5.74, 6) is 0.253. The Morgan fingerprint density at radius 1 is 1.27 bits per heavy atom. The second-order valence-electron chi connectivity index (χ2n) is 6.62. The number of ketones is 1. The van der Waals surface area contributed by atoms with E-state index in [1.54, 1.807) is 11.8 Å². The van der Waals surface area contributed by atoms with E-state index in [0.29, 0.717) is 32.7 Å². The first-order valence-electron chi connectivity index (χ1n) is 7.53.